The van der Waals surface area contributed by atoms with Crippen molar-refractivity contribution >= 4 is 22.9 Å². The molecule has 0 bridgehead atoms. The third-order valence-corrected chi connectivity index (χ3v) is 3.50. The molecule has 0 radical (unpaired) electrons. The number of nitrogens with two attached hydrogens (primary N) is 1. The number of nitrogens with one attached hydrogen (secondary N) is 1. The first kappa shape index (κ1) is 12.6. The summed E-state index contributed by atoms with van der Waals surface area (Å²) < 4.78 is 13.9. The van der Waals surface area contributed by atoms with Crippen molar-refractivity contribution in [3.8, 4) is 0 Å². The smallest absolute Gasteiger partial charge is 0.147 e. The van der Waals surface area contributed by atoms with E-state index in [4.69, 9.17) is 11.1 Å². The second-order valence-corrected chi connectivity index (χ2v) is 5.05. The quantitative estimate of drug-likeness (QED) is 0.658. The monoisotopic (exact) mass is 263 g/mol. The van der Waals surface area contributed by atoms with Gasteiger partial charge >= 0.3 is 0 Å². The highest BCUT2D eigenvalue weighted by Gasteiger charge is 2.10. The van der Waals surface area contributed by atoms with E-state index in [0.29, 0.717) is 17.8 Å². The minimum atomic E-state index is -0.359. The summed E-state index contributed by atoms with van der Waals surface area (Å²) >= 11 is 1.64. The second kappa shape index (κ2) is 5.18. The Morgan fingerprint density at radius 2 is 2.22 bits per heavy atom. The minimum Gasteiger partial charge on any atom is -0.384 e. The predicted octanol–water partition coefficient (Wildman–Crippen LogP) is 2.81. The van der Waals surface area contributed by atoms with E-state index in [9.17, 15) is 4.39 Å². The van der Waals surface area contributed by atoms with Gasteiger partial charge in [-0.2, -0.15) is 0 Å². The van der Waals surface area contributed by atoms with Crippen molar-refractivity contribution in [2.45, 2.75) is 6.54 Å². The third-order valence-electron chi connectivity index (χ3n) is 2.64. The van der Waals surface area contributed by atoms with E-state index in [2.05, 4.69) is 0 Å². The Balaban J connectivity index is 2.20. The van der Waals surface area contributed by atoms with Gasteiger partial charge in [-0.25, -0.2) is 4.39 Å². The number of benzene rings is 1. The molecule has 0 saturated carbocycles. The fourth-order valence-corrected chi connectivity index (χ4v) is 2.46. The molecule has 5 heteroatoms. The standard InChI is InChI=1S/C13H14FN3S/c1-17(8-10-3-2-6-18-10)12-5-4-9(13(15)16)7-11(12)14/h2-7H,8H2,1H3,(H3,15,16). The first-order chi connectivity index (χ1) is 8.58. The number of hydrogen-bond acceptors (Lipinski definition) is 3. The zero-order valence-electron chi connectivity index (χ0n) is 9.98. The molecule has 3 nitrogen and oxygen atoms in total. The van der Waals surface area contributed by atoms with Crippen LogP contribution in [0.15, 0.2) is 35.7 Å². The van der Waals surface area contributed by atoms with Crippen molar-refractivity contribution in [2.24, 2.45) is 5.73 Å². The lowest BCUT2D eigenvalue weighted by atomic mass is 10.1. The van der Waals surface area contributed by atoms with Gasteiger partial charge in [-0.3, -0.25) is 5.41 Å². The second-order valence-electron chi connectivity index (χ2n) is 4.02. The number of nitrogens with zero attached hydrogens (tertiary/aromatic N) is 1. The molecule has 18 heavy (non-hydrogen) atoms. The first-order valence-electron chi connectivity index (χ1n) is 5.45. The molecule has 0 aliphatic heterocycles. The maximum absolute atomic E-state index is 13.9. The molecule has 0 aliphatic carbocycles. The lowest BCUT2D eigenvalue weighted by molar-refractivity contribution is 0.622. The van der Waals surface area contributed by atoms with Crippen molar-refractivity contribution in [3.05, 3.63) is 52.0 Å². The van der Waals surface area contributed by atoms with E-state index >= 15 is 0 Å². The average Bonchev–Trinajstić information content (AvgIpc) is 2.81. The molecular formula is C13H14FN3S. The molecule has 1 aromatic carbocycles. The average molecular weight is 263 g/mol. The van der Waals surface area contributed by atoms with Crippen LogP contribution in [0.25, 0.3) is 0 Å². The lowest BCUT2D eigenvalue weighted by Gasteiger charge is -2.19. The summed E-state index contributed by atoms with van der Waals surface area (Å²) in [5.74, 6) is -0.483. The zero-order chi connectivity index (χ0) is 13.1. The largest absolute Gasteiger partial charge is 0.384 e. The minimum absolute atomic E-state index is 0.124. The Morgan fingerprint density at radius 1 is 1.44 bits per heavy atom. The van der Waals surface area contributed by atoms with Gasteiger partial charge in [0.15, 0.2) is 0 Å². The third kappa shape index (κ3) is 2.68. The number of halogens is 1. The predicted molar refractivity (Wildman–Crippen MR) is 73.8 cm³/mol. The number of amidine groups is 1. The zero-order valence-corrected chi connectivity index (χ0v) is 10.8. The maximum atomic E-state index is 13.9. The fourth-order valence-electron chi connectivity index (χ4n) is 1.71. The molecule has 0 amide bonds. The van der Waals surface area contributed by atoms with Crippen LogP contribution < -0.4 is 10.6 Å². The molecule has 1 heterocycles. The summed E-state index contributed by atoms with van der Waals surface area (Å²) in [5.41, 5.74) is 6.23. The topological polar surface area (TPSA) is 53.1 Å². The molecule has 0 atom stereocenters. The van der Waals surface area contributed by atoms with E-state index in [1.54, 1.807) is 23.5 Å². The molecule has 2 aromatic rings. The van der Waals surface area contributed by atoms with Crippen molar-refractivity contribution in [3.63, 3.8) is 0 Å². The van der Waals surface area contributed by atoms with Crippen LogP contribution in [0.2, 0.25) is 0 Å². The van der Waals surface area contributed by atoms with Crippen LogP contribution in [-0.4, -0.2) is 12.9 Å². The van der Waals surface area contributed by atoms with Crippen LogP contribution >= 0.6 is 11.3 Å². The van der Waals surface area contributed by atoms with Crippen molar-refractivity contribution in [1.82, 2.24) is 0 Å². The van der Waals surface area contributed by atoms with Crippen LogP contribution in [0.4, 0.5) is 10.1 Å². The Labute approximate surface area is 109 Å². The van der Waals surface area contributed by atoms with Crippen LogP contribution in [0.5, 0.6) is 0 Å². The lowest BCUT2D eigenvalue weighted by Crippen LogP contribution is -2.18. The molecule has 3 N–H and O–H groups in total. The van der Waals surface area contributed by atoms with Gasteiger partial charge in [0.25, 0.3) is 0 Å². The first-order valence-corrected chi connectivity index (χ1v) is 6.33. The summed E-state index contributed by atoms with van der Waals surface area (Å²) in [5, 5.41) is 9.27. The summed E-state index contributed by atoms with van der Waals surface area (Å²) in [7, 11) is 1.84. The number of hydrogen-bond donors (Lipinski definition) is 2. The van der Waals surface area contributed by atoms with Gasteiger partial charge in [-0.1, -0.05) is 6.07 Å². The Bertz CT molecular complexity index is 551. The molecule has 0 saturated heterocycles. The van der Waals surface area contributed by atoms with Crippen molar-refractivity contribution in [1.29, 1.82) is 5.41 Å². The van der Waals surface area contributed by atoms with Gasteiger partial charge in [-0.05, 0) is 29.6 Å². The van der Waals surface area contributed by atoms with Crippen LogP contribution in [0.3, 0.4) is 0 Å². The summed E-state index contributed by atoms with van der Waals surface area (Å²) in [4.78, 5) is 3.01. The normalized spacial score (nSPS) is 10.3. The van der Waals surface area contributed by atoms with Gasteiger partial charge in [0.05, 0.1) is 12.2 Å². The molecular weight excluding hydrogens is 249 g/mol. The van der Waals surface area contributed by atoms with Crippen molar-refractivity contribution in [2.75, 3.05) is 11.9 Å². The highest BCUT2D eigenvalue weighted by atomic mass is 32.1. The number of thiophene rings is 1. The van der Waals surface area contributed by atoms with Crippen LogP contribution in [0, 0.1) is 11.2 Å². The summed E-state index contributed by atoms with van der Waals surface area (Å²) in [6.45, 7) is 0.661. The highest BCUT2D eigenvalue weighted by molar-refractivity contribution is 7.09. The van der Waals surface area contributed by atoms with Gasteiger partial charge in [0, 0.05) is 17.5 Å². The molecule has 0 spiro atoms. The SMILES string of the molecule is CN(Cc1cccs1)c1ccc(C(=N)N)cc1F. The molecule has 0 unspecified atom stereocenters. The number of nitrogen functional groups attached to an aromatic ring is 1. The molecule has 2 rings (SSSR count). The highest BCUT2D eigenvalue weighted by Crippen LogP contribution is 2.22. The Morgan fingerprint density at radius 3 is 2.78 bits per heavy atom. The fraction of sp³-hybridized carbons (Fsp3) is 0.154. The van der Waals surface area contributed by atoms with Crippen molar-refractivity contribution < 1.29 is 4.39 Å². The van der Waals surface area contributed by atoms with Gasteiger partial charge in [0.2, 0.25) is 0 Å². The van der Waals surface area contributed by atoms with E-state index in [1.165, 1.54) is 10.9 Å². The number of rotatable bonds is 4. The number of anilines is 1. The van der Waals surface area contributed by atoms with Gasteiger partial charge < -0.3 is 10.6 Å². The van der Waals surface area contributed by atoms with Crippen LogP contribution in [-0.2, 0) is 6.54 Å². The maximum Gasteiger partial charge on any atom is 0.147 e. The van der Waals surface area contributed by atoms with Gasteiger partial charge in [-0.15, -0.1) is 11.3 Å². The van der Waals surface area contributed by atoms with Crippen LogP contribution in [0.1, 0.15) is 10.4 Å². The Hall–Kier alpha value is -1.88. The molecule has 94 valence electrons. The van der Waals surface area contributed by atoms with E-state index in [1.807, 2.05) is 29.5 Å². The van der Waals surface area contributed by atoms with E-state index in [0.717, 1.165) is 0 Å². The van der Waals surface area contributed by atoms with E-state index < -0.39 is 0 Å². The molecule has 0 fully saturated rings. The van der Waals surface area contributed by atoms with E-state index in [-0.39, 0.29) is 11.7 Å². The Kier molecular flexibility index (Phi) is 3.62. The summed E-state index contributed by atoms with van der Waals surface area (Å²) in [6, 6.07) is 8.60. The van der Waals surface area contributed by atoms with Gasteiger partial charge in [0.1, 0.15) is 11.7 Å². The summed E-state index contributed by atoms with van der Waals surface area (Å²) in [6.07, 6.45) is 0. The molecule has 0 aliphatic rings. The molecule has 1 aromatic heterocycles.